The van der Waals surface area contributed by atoms with E-state index in [0.29, 0.717) is 85.6 Å². The number of alkyl halides is 8. The molecule has 433 valence electrons. The van der Waals surface area contributed by atoms with Gasteiger partial charge in [-0.3, -0.25) is 19.9 Å². The summed E-state index contributed by atoms with van der Waals surface area (Å²) in [5.74, 6) is 0.859. The molecular weight excluding hydrogens is 1080 g/mol. The van der Waals surface area contributed by atoms with Crippen molar-refractivity contribution in [3.05, 3.63) is 101 Å². The lowest BCUT2D eigenvalue weighted by molar-refractivity contribution is -0.221. The van der Waals surface area contributed by atoms with Crippen LogP contribution >= 0.6 is 0 Å². The molecule has 2 unspecified atom stereocenters. The normalized spacial score (nSPS) is 18.1. The van der Waals surface area contributed by atoms with Crippen LogP contribution < -0.4 is 26.3 Å². The van der Waals surface area contributed by atoms with Gasteiger partial charge in [-0.1, -0.05) is 24.0 Å². The van der Waals surface area contributed by atoms with Crippen molar-refractivity contribution in [3.63, 3.8) is 0 Å². The second kappa shape index (κ2) is 24.6. The summed E-state index contributed by atoms with van der Waals surface area (Å²) >= 11 is 0. The highest BCUT2D eigenvalue weighted by molar-refractivity contribution is 5.87. The summed E-state index contributed by atoms with van der Waals surface area (Å²) in [7, 11) is 1.66. The lowest BCUT2D eigenvalue weighted by Crippen LogP contribution is -2.62. The van der Waals surface area contributed by atoms with Gasteiger partial charge in [0.05, 0.1) is 55.6 Å². The van der Waals surface area contributed by atoms with Crippen molar-refractivity contribution >= 4 is 29.9 Å². The zero-order valence-corrected chi connectivity index (χ0v) is 44.0. The molecular formula is C52H58F10N11O7. The molecule has 28 heteroatoms. The topological polar surface area (TPSA) is 197 Å². The lowest BCUT2D eigenvalue weighted by atomic mass is 9.82. The molecule has 5 atom stereocenters. The summed E-state index contributed by atoms with van der Waals surface area (Å²) in [6.45, 7) is 0.577. The first-order chi connectivity index (χ1) is 37.6. The molecule has 3 aliphatic heterocycles. The van der Waals surface area contributed by atoms with Crippen LogP contribution in [0.25, 0.3) is 11.3 Å². The molecule has 3 saturated heterocycles. The maximum Gasteiger partial charge on any atom is 0.407 e. The molecule has 7 rings (SSSR count). The fourth-order valence-corrected chi connectivity index (χ4v) is 9.37. The highest BCUT2D eigenvalue weighted by atomic mass is 19.4. The average molecular weight is 1140 g/mol. The minimum atomic E-state index is -5.19. The molecule has 0 spiro atoms. The van der Waals surface area contributed by atoms with Gasteiger partial charge in [0.1, 0.15) is 23.7 Å². The summed E-state index contributed by atoms with van der Waals surface area (Å²) in [4.78, 5) is 66.6. The number of alkyl carbamates (subject to hydrolysis) is 2. The van der Waals surface area contributed by atoms with E-state index in [-0.39, 0.29) is 22.4 Å². The van der Waals surface area contributed by atoms with Gasteiger partial charge in [-0.25, -0.2) is 38.0 Å². The van der Waals surface area contributed by atoms with Crippen LogP contribution in [0.3, 0.4) is 0 Å². The van der Waals surface area contributed by atoms with Gasteiger partial charge >= 0.3 is 31.1 Å². The number of halogens is 10. The number of methoxy groups -OCH3 is 2. The number of hydrogen-bond acceptors (Lipinski definition) is 13. The minimum Gasteiger partial charge on any atom is -0.453 e. The van der Waals surface area contributed by atoms with E-state index >= 15 is 8.78 Å². The van der Waals surface area contributed by atoms with Crippen LogP contribution in [0.15, 0.2) is 61.1 Å². The van der Waals surface area contributed by atoms with Gasteiger partial charge in [0.2, 0.25) is 11.9 Å². The van der Waals surface area contributed by atoms with Gasteiger partial charge in [-0.15, -0.1) is 0 Å². The van der Waals surface area contributed by atoms with Gasteiger partial charge in [-0.2, -0.15) is 40.2 Å². The largest absolute Gasteiger partial charge is 0.453 e. The molecule has 18 nitrogen and oxygen atoms in total. The van der Waals surface area contributed by atoms with Crippen molar-refractivity contribution < 1.29 is 77.3 Å². The van der Waals surface area contributed by atoms with Crippen LogP contribution in [0.5, 0.6) is 0 Å². The van der Waals surface area contributed by atoms with E-state index < -0.39 is 102 Å². The molecule has 0 aliphatic carbocycles. The first kappa shape index (κ1) is 60.4. The third kappa shape index (κ3) is 14.0. The number of carbonyl (C=O) groups excluding carboxylic acids is 4. The number of rotatable bonds is 19. The number of anilines is 1. The van der Waals surface area contributed by atoms with Crippen molar-refractivity contribution in [1.82, 2.24) is 51.0 Å². The lowest BCUT2D eigenvalue weighted by Gasteiger charge is -2.47. The van der Waals surface area contributed by atoms with Crippen LogP contribution in [0, 0.1) is 40.7 Å². The molecule has 4 aromatic rings. The summed E-state index contributed by atoms with van der Waals surface area (Å²) in [5.41, 5.74) is -3.96. The minimum absolute atomic E-state index is 0.219. The quantitative estimate of drug-likeness (QED) is 0.0433. The van der Waals surface area contributed by atoms with E-state index in [1.165, 1.54) is 0 Å². The molecule has 0 saturated carbocycles. The van der Waals surface area contributed by atoms with Crippen molar-refractivity contribution in [3.8, 4) is 23.1 Å². The molecule has 1 radical (unpaired) electrons. The highest BCUT2D eigenvalue weighted by Gasteiger charge is 2.57. The number of nitrogens with zero attached hydrogens (tertiary/aromatic N) is 7. The Morgan fingerprint density at radius 3 is 1.80 bits per heavy atom. The molecule has 3 fully saturated rings. The standard InChI is InChI=1S/C52H58F10N11O7/c1-49(2,51(57,58)59)41(66-47(76)78-5)43(74)65-33(19-30-10-7-29(8-11-30)9-12-31-22-63-46(64-23-31)70-24-34-13-14-35(25-70)73(34)36-27-80-28-36)15-17-71(69-44(75)42(67-48(77)79-6)50(3,4)52(60,61)62)26-37-38(53)20-32(21-39(37)54)40-16-18-72(68-40)45(55)56/h7-8,10-11,15-16,18,20-23,33-36,41-42,45H,13-14,17,19,24-28H2,1-6H3,(H,65,74)(H,66,76)(H,67,77)(H,69,75)/t33-,34?,35?,41+,42+/m0/s1. The maximum absolute atomic E-state index is 16.0. The van der Waals surface area contributed by atoms with E-state index in [4.69, 9.17) is 4.74 Å². The molecule has 80 heavy (non-hydrogen) atoms. The Labute approximate surface area is 453 Å². The zero-order chi connectivity index (χ0) is 58.5. The second-order valence-corrected chi connectivity index (χ2v) is 20.5. The van der Waals surface area contributed by atoms with Crippen molar-refractivity contribution in [2.75, 3.05) is 52.0 Å². The Morgan fingerprint density at radius 1 is 0.775 bits per heavy atom. The number of hydrogen-bond donors (Lipinski definition) is 4. The van der Waals surface area contributed by atoms with Crippen LogP contribution in [-0.4, -0.2) is 149 Å². The number of fused-ring (bicyclic) bond motifs is 2. The Hall–Kier alpha value is -7.25. The molecule has 4 N–H and O–H groups in total. The van der Waals surface area contributed by atoms with Crippen LogP contribution in [-0.2, 0) is 36.8 Å². The average Bonchev–Trinajstić information content (AvgIpc) is 3.97. The van der Waals surface area contributed by atoms with Crippen molar-refractivity contribution in [2.45, 2.75) is 109 Å². The number of aromatic nitrogens is 4. The van der Waals surface area contributed by atoms with E-state index in [2.05, 4.69) is 56.9 Å². The van der Waals surface area contributed by atoms with Gasteiger partial charge in [-0.05, 0) is 82.9 Å². The molecule has 5 heterocycles. The van der Waals surface area contributed by atoms with E-state index in [9.17, 15) is 54.3 Å². The molecule has 2 aromatic carbocycles. The zero-order valence-electron chi connectivity index (χ0n) is 44.0. The first-order valence-corrected chi connectivity index (χ1v) is 25.0. The number of ether oxygens (including phenoxy) is 3. The second-order valence-electron chi connectivity index (χ2n) is 20.5. The summed E-state index contributed by atoms with van der Waals surface area (Å²) < 4.78 is 160. The molecule has 3 aliphatic rings. The van der Waals surface area contributed by atoms with Gasteiger partial charge in [0.25, 0.3) is 5.91 Å². The van der Waals surface area contributed by atoms with Crippen molar-refractivity contribution in [1.29, 1.82) is 0 Å². The number of nitrogens with one attached hydrogen (secondary N) is 4. The number of benzene rings is 2. The SMILES string of the molecule is COC(=O)N[C@H](C(=O)N[C@@H]([CH]CN(Cc1c(F)cc(-c2ccn(C(F)F)n2)cc1F)NC(=O)[C@@H](NC(=O)OC)C(C)(C)C(F)(F)F)Cc1ccc(C#Cc2cnc(N3CC4CCC(C3)N4C3COC3)nc2)cc1)C(C)(C)C(F)(F)F. The first-order valence-electron chi connectivity index (χ1n) is 25.0. The summed E-state index contributed by atoms with van der Waals surface area (Å²) in [5, 5.41) is 10.4. The van der Waals surface area contributed by atoms with E-state index in [1.807, 2.05) is 10.6 Å². The number of amides is 4. The monoisotopic (exact) mass is 1140 g/mol. The van der Waals surface area contributed by atoms with E-state index in [0.717, 1.165) is 72.0 Å². The summed E-state index contributed by atoms with van der Waals surface area (Å²) in [6, 6.07) is 3.69. The van der Waals surface area contributed by atoms with Gasteiger partial charge in [0, 0.05) is 86.0 Å². The fourth-order valence-electron chi connectivity index (χ4n) is 9.37. The number of carbonyl (C=O) groups is 4. The number of hydrazine groups is 1. The predicted octanol–water partition coefficient (Wildman–Crippen LogP) is 6.86. The van der Waals surface area contributed by atoms with Crippen LogP contribution in [0.4, 0.5) is 59.4 Å². The predicted molar refractivity (Wildman–Crippen MR) is 266 cm³/mol. The van der Waals surface area contributed by atoms with Gasteiger partial charge in [0.15, 0.2) is 0 Å². The number of piperazine rings is 1. The van der Waals surface area contributed by atoms with Crippen molar-refractivity contribution in [2.24, 2.45) is 10.8 Å². The van der Waals surface area contributed by atoms with Gasteiger partial charge < -0.3 is 35.1 Å². The maximum atomic E-state index is 16.0. The van der Waals surface area contributed by atoms with Crippen LogP contribution in [0.1, 0.15) is 69.3 Å². The van der Waals surface area contributed by atoms with E-state index in [1.54, 1.807) is 36.7 Å². The Bertz CT molecular complexity index is 2870. The Balaban J connectivity index is 1.16. The molecule has 2 bridgehead atoms. The summed E-state index contributed by atoms with van der Waals surface area (Å²) in [6.07, 6.45) is -6.10. The molecule has 4 amide bonds. The van der Waals surface area contributed by atoms with Crippen LogP contribution in [0.2, 0.25) is 0 Å². The highest BCUT2D eigenvalue weighted by Crippen LogP contribution is 2.42. The Morgan fingerprint density at radius 2 is 1.31 bits per heavy atom. The third-order valence-electron chi connectivity index (χ3n) is 14.4. The third-order valence-corrected chi connectivity index (χ3v) is 14.4. The Kier molecular flexibility index (Phi) is 18.6. The smallest absolute Gasteiger partial charge is 0.407 e. The fraction of sp³-hybridized carbons (Fsp3) is 0.500. The molecule has 2 aromatic heterocycles.